The molecule has 0 fully saturated rings. The molecule has 2 aliphatic rings. The van der Waals surface area contributed by atoms with Crippen molar-refractivity contribution in [1.82, 2.24) is 5.32 Å². The highest BCUT2D eigenvalue weighted by molar-refractivity contribution is 7.19. The third-order valence-corrected chi connectivity index (χ3v) is 13.9. The smallest absolute Gasteiger partial charge is 0.263 e. The number of unbranched alkanes of at least 4 members (excludes halogenated alkanes) is 7. The molecule has 3 heterocycles. The van der Waals surface area contributed by atoms with Crippen molar-refractivity contribution in [3.05, 3.63) is 146 Å². The van der Waals surface area contributed by atoms with Crippen molar-refractivity contribution >= 4 is 95.3 Å². The second kappa shape index (κ2) is 17.4. The summed E-state index contributed by atoms with van der Waals surface area (Å²) in [5, 5.41) is 7.86. The van der Waals surface area contributed by atoms with Gasteiger partial charge < -0.3 is 10.2 Å². The fourth-order valence-electron chi connectivity index (χ4n) is 7.96. The van der Waals surface area contributed by atoms with Gasteiger partial charge in [0.05, 0.1) is 6.04 Å². The highest BCUT2D eigenvalue weighted by Gasteiger charge is 2.26. The van der Waals surface area contributed by atoms with Crippen LogP contribution in [0.25, 0.3) is 43.7 Å². The second-order valence-corrected chi connectivity index (χ2v) is 17.5. The van der Waals surface area contributed by atoms with Crippen molar-refractivity contribution < 1.29 is 9.13 Å². The monoisotopic (exact) mass is 802 g/mol. The number of nitrogens with one attached hydrogen (secondary N) is 1. The van der Waals surface area contributed by atoms with Crippen LogP contribution in [-0.4, -0.2) is 13.1 Å². The molecular formula is C47H48Cl2N4S2+2. The summed E-state index contributed by atoms with van der Waals surface area (Å²) in [6, 6.07) is 34.5. The zero-order chi connectivity index (χ0) is 37.7. The van der Waals surface area contributed by atoms with Gasteiger partial charge in [0.15, 0.2) is 0 Å². The van der Waals surface area contributed by atoms with Crippen LogP contribution in [0.4, 0.5) is 5.69 Å². The van der Waals surface area contributed by atoms with Crippen LogP contribution in [0.3, 0.4) is 0 Å². The van der Waals surface area contributed by atoms with Crippen LogP contribution in [-0.2, 0) is 14.1 Å². The van der Waals surface area contributed by atoms with Gasteiger partial charge in [-0.05, 0) is 72.0 Å². The quantitative estimate of drug-likeness (QED) is 0.0673. The molecular weight excluding hydrogens is 756 g/mol. The summed E-state index contributed by atoms with van der Waals surface area (Å²) in [5.41, 5.74) is 9.78. The molecule has 0 radical (unpaired) electrons. The zero-order valence-electron chi connectivity index (χ0n) is 31.6. The molecule has 0 saturated heterocycles. The number of para-hydroxylation sites is 3. The van der Waals surface area contributed by atoms with E-state index in [2.05, 4.69) is 155 Å². The van der Waals surface area contributed by atoms with E-state index in [1.54, 1.807) is 0 Å². The molecule has 280 valence electrons. The van der Waals surface area contributed by atoms with Crippen LogP contribution in [0.15, 0.2) is 119 Å². The van der Waals surface area contributed by atoms with Crippen molar-refractivity contribution in [1.29, 1.82) is 0 Å². The SMILES string of the molecule is C[n+]1c(/C=C2\C=C(Cl)C(NCCCCCCCCCCN3C(Cl)=C/C(=C\c4sc5ccccc5[n+]4C)c4ccccc43)c3ccccc32)sc2ccccc21. The molecule has 1 aliphatic carbocycles. The minimum absolute atomic E-state index is 0.0359. The minimum atomic E-state index is 0.0359. The first-order valence-corrected chi connectivity index (χ1v) is 22.0. The highest BCUT2D eigenvalue weighted by atomic mass is 35.5. The predicted molar refractivity (Wildman–Crippen MR) is 238 cm³/mol. The van der Waals surface area contributed by atoms with E-state index < -0.39 is 0 Å². The lowest BCUT2D eigenvalue weighted by Gasteiger charge is -2.30. The summed E-state index contributed by atoms with van der Waals surface area (Å²) in [6.45, 7) is 1.89. The third-order valence-electron chi connectivity index (χ3n) is 10.9. The predicted octanol–water partition coefficient (Wildman–Crippen LogP) is 12.3. The molecule has 1 aliphatic heterocycles. The first-order valence-electron chi connectivity index (χ1n) is 19.6. The van der Waals surface area contributed by atoms with Crippen molar-refractivity contribution in [2.24, 2.45) is 14.1 Å². The number of nitrogens with zero attached hydrogens (tertiary/aromatic N) is 3. The Bertz CT molecular complexity index is 2280. The molecule has 0 bridgehead atoms. The van der Waals surface area contributed by atoms with Crippen molar-refractivity contribution in [3.8, 4) is 0 Å². The first-order chi connectivity index (χ1) is 27.0. The normalized spacial score (nSPS) is 16.9. The molecule has 1 N–H and O–H groups in total. The van der Waals surface area contributed by atoms with E-state index in [9.17, 15) is 0 Å². The van der Waals surface area contributed by atoms with Gasteiger partial charge in [-0.3, -0.25) is 0 Å². The number of aromatic nitrogens is 2. The van der Waals surface area contributed by atoms with E-state index >= 15 is 0 Å². The largest absolute Gasteiger partial charge is 0.332 e. The fraction of sp³-hybridized carbons (Fsp3) is 0.277. The number of allylic oxidation sites excluding steroid dienone is 4. The lowest BCUT2D eigenvalue weighted by molar-refractivity contribution is -0.642. The first kappa shape index (κ1) is 37.9. The van der Waals surface area contributed by atoms with Gasteiger partial charge in [-0.2, -0.15) is 9.13 Å². The van der Waals surface area contributed by atoms with Gasteiger partial charge in [0.2, 0.25) is 11.0 Å². The Balaban J connectivity index is 0.773. The molecule has 0 amide bonds. The summed E-state index contributed by atoms with van der Waals surface area (Å²) in [4.78, 5) is 2.29. The molecule has 8 heteroatoms. The fourth-order valence-corrected chi connectivity index (χ4v) is 10.8. The van der Waals surface area contributed by atoms with E-state index in [0.717, 1.165) is 41.7 Å². The minimum Gasteiger partial charge on any atom is -0.332 e. The van der Waals surface area contributed by atoms with E-state index in [1.165, 1.54) is 96.9 Å². The number of hydrogen-bond acceptors (Lipinski definition) is 4. The average Bonchev–Trinajstić information content (AvgIpc) is 3.70. The van der Waals surface area contributed by atoms with Crippen LogP contribution >= 0.6 is 45.9 Å². The molecule has 55 heavy (non-hydrogen) atoms. The molecule has 0 spiro atoms. The third kappa shape index (κ3) is 8.26. The van der Waals surface area contributed by atoms with Gasteiger partial charge in [-0.1, -0.05) is 151 Å². The number of hydrogen-bond donors (Lipinski definition) is 1. The van der Waals surface area contributed by atoms with Crippen molar-refractivity contribution in [2.45, 2.75) is 57.4 Å². The van der Waals surface area contributed by atoms with Crippen LogP contribution in [0.2, 0.25) is 0 Å². The number of rotatable bonds is 14. The van der Waals surface area contributed by atoms with Gasteiger partial charge in [0, 0.05) is 47.1 Å². The molecule has 1 unspecified atom stereocenters. The number of thiazole rings is 2. The summed E-state index contributed by atoms with van der Waals surface area (Å²) in [5.74, 6) is 0. The maximum Gasteiger partial charge on any atom is 0.263 e. The maximum absolute atomic E-state index is 6.99. The molecule has 6 aromatic rings. The number of anilines is 1. The van der Waals surface area contributed by atoms with E-state index in [-0.39, 0.29) is 6.04 Å². The lowest BCUT2D eigenvalue weighted by Crippen LogP contribution is -2.29. The number of halogens is 2. The lowest BCUT2D eigenvalue weighted by atomic mass is 9.88. The average molecular weight is 804 g/mol. The van der Waals surface area contributed by atoms with E-state index in [0.29, 0.717) is 0 Å². The van der Waals surface area contributed by atoms with Crippen LogP contribution < -0.4 is 19.4 Å². The number of aryl methyl sites for hydroxylation is 2. The molecule has 2 aromatic heterocycles. The Hall–Kier alpha value is -4.04. The van der Waals surface area contributed by atoms with Crippen molar-refractivity contribution in [3.63, 3.8) is 0 Å². The number of fused-ring (bicyclic) bond motifs is 4. The van der Waals surface area contributed by atoms with E-state index in [4.69, 9.17) is 23.2 Å². The number of benzene rings is 4. The van der Waals surface area contributed by atoms with Gasteiger partial charge >= 0.3 is 0 Å². The van der Waals surface area contributed by atoms with Gasteiger partial charge in [0.25, 0.3) is 10.0 Å². The van der Waals surface area contributed by atoms with Crippen LogP contribution in [0.5, 0.6) is 0 Å². The Morgan fingerprint density at radius 3 is 1.80 bits per heavy atom. The summed E-state index contributed by atoms with van der Waals surface area (Å²) in [7, 11) is 4.28. The van der Waals surface area contributed by atoms with Gasteiger partial charge in [-0.15, -0.1) is 0 Å². The van der Waals surface area contributed by atoms with Gasteiger partial charge in [0.1, 0.15) is 28.7 Å². The topological polar surface area (TPSA) is 23.0 Å². The molecule has 4 nitrogen and oxygen atoms in total. The molecule has 8 rings (SSSR count). The summed E-state index contributed by atoms with van der Waals surface area (Å²) >= 11 is 17.6. The zero-order valence-corrected chi connectivity index (χ0v) is 34.8. The Kier molecular flexibility index (Phi) is 12.0. The van der Waals surface area contributed by atoms with Crippen molar-refractivity contribution in [2.75, 3.05) is 18.0 Å². The summed E-state index contributed by atoms with van der Waals surface area (Å²) < 4.78 is 7.12. The molecule has 4 aromatic carbocycles. The Labute approximate surface area is 343 Å². The van der Waals surface area contributed by atoms with Crippen LogP contribution in [0, 0.1) is 0 Å². The van der Waals surface area contributed by atoms with Crippen LogP contribution in [0.1, 0.15) is 84.1 Å². The molecule has 0 saturated carbocycles. The Morgan fingerprint density at radius 2 is 1.15 bits per heavy atom. The Morgan fingerprint density at radius 1 is 0.618 bits per heavy atom. The highest BCUT2D eigenvalue weighted by Crippen LogP contribution is 2.41. The second-order valence-electron chi connectivity index (χ2n) is 14.6. The standard InChI is InChI=1S/C47H48Cl2N4S2/c1-51-40-23-13-15-25-42(40)54-45(51)31-33-29-38(48)47(37-21-10-9-19-35(33)37)50-27-17-7-5-3-4-6-8-18-28-53-39-22-12-11-20-36(39)34(30-44(53)49)32-46-52(2)41-24-14-16-26-43(41)55-46/h9-16,19-26,29-32,47,50H,3-8,17-18,27-28H2,1-2H3/q+2/b33-31+. The summed E-state index contributed by atoms with van der Waals surface area (Å²) in [6.07, 6.45) is 18.7. The molecule has 1 atom stereocenters. The van der Waals surface area contributed by atoms with E-state index in [1.807, 2.05) is 22.7 Å². The maximum atomic E-state index is 6.99. The van der Waals surface area contributed by atoms with Gasteiger partial charge in [-0.25, -0.2) is 0 Å².